The number of anilines is 3. The number of ketones is 3. The number of hydrogen-bond acceptors (Lipinski definition) is 15. The fourth-order valence-corrected chi connectivity index (χ4v) is 10.4. The van der Waals surface area contributed by atoms with E-state index in [-0.39, 0.29) is 126 Å². The Morgan fingerprint density at radius 1 is 0.426 bits per heavy atom. The Hall–Kier alpha value is -10.1. The van der Waals surface area contributed by atoms with E-state index in [1.165, 1.54) is 85.3 Å². The molecule has 1 fully saturated rings. The molecule has 0 radical (unpaired) electrons. The third-order valence-electron chi connectivity index (χ3n) is 14.3. The van der Waals surface area contributed by atoms with Gasteiger partial charge in [0.05, 0.1) is 15.1 Å². The molecule has 0 unspecified atom stereocenters. The molecule has 20 nitrogen and oxygen atoms in total. The van der Waals surface area contributed by atoms with E-state index in [2.05, 4.69) is 30.9 Å². The number of phenolic OH excluding ortho intramolecular Hbond substituents is 3. The van der Waals surface area contributed by atoms with E-state index < -0.39 is 17.7 Å². The molecule has 11 N–H and O–H groups in total. The van der Waals surface area contributed by atoms with E-state index in [0.29, 0.717) is 54.4 Å². The molecule has 0 atom stereocenters. The first-order valence-corrected chi connectivity index (χ1v) is 30.5. The van der Waals surface area contributed by atoms with Gasteiger partial charge in [0.25, 0.3) is 17.7 Å². The highest BCUT2D eigenvalue weighted by Crippen LogP contribution is 2.33. The van der Waals surface area contributed by atoms with Crippen LogP contribution < -0.4 is 21.7 Å². The average Bonchev–Trinajstić information content (AvgIpc) is 1.01. The molecule has 94 heavy (non-hydrogen) atoms. The van der Waals surface area contributed by atoms with Gasteiger partial charge in [-0.2, -0.15) is 0 Å². The normalized spacial score (nSPS) is 11.4. The number of nitrogens with zero attached hydrogens (tertiary/aromatic N) is 4. The Morgan fingerprint density at radius 2 is 0.713 bits per heavy atom. The van der Waals surface area contributed by atoms with Gasteiger partial charge in [-0.05, 0) is 98.1 Å². The number of phenols is 3. The van der Waals surface area contributed by atoms with Crippen LogP contribution in [-0.4, -0.2) is 101 Å². The molecule has 1 aliphatic heterocycles. The van der Waals surface area contributed by atoms with Gasteiger partial charge < -0.3 is 47.3 Å². The molecular weight excluding hydrogens is 1330 g/mol. The average molecular weight is 1380 g/mol. The van der Waals surface area contributed by atoms with Crippen molar-refractivity contribution in [3.05, 3.63) is 261 Å². The highest BCUT2D eigenvalue weighted by Gasteiger charge is 2.25. The number of aromatic hydroxyl groups is 3. The van der Waals surface area contributed by atoms with Crippen molar-refractivity contribution >= 4 is 140 Å². The lowest BCUT2D eigenvalue weighted by Crippen LogP contribution is -2.27. The van der Waals surface area contributed by atoms with Crippen LogP contribution in [0.15, 0.2) is 164 Å². The SMILES string of the molecule is CC(=N)c1ccc(C(=O)Cc2c(O)cc(Cl)cc2C(=O)Nc2ccc(Cl)cn2)cc1.N=C(N)c1ccc(C(=O)Cc2c(O)cc(Cl)cc2C(=O)Nc2ccc(Cl)cn2)cc1.N=C(c1ccc(C(=O)Cc2c(O)cc(Cl)cc2C(=O)Nc2ccc(Cl)cn2)cc1)N1CCCC1. The largest absolute Gasteiger partial charge is 0.508 e. The number of nitrogens with one attached hydrogen (secondary N) is 6. The van der Waals surface area contributed by atoms with Crippen LogP contribution in [0.2, 0.25) is 30.1 Å². The molecule has 3 amide bonds. The molecular formula is C68H55Cl6N11O9. The Bertz CT molecular complexity index is 4200. The van der Waals surface area contributed by atoms with Crippen LogP contribution in [0.4, 0.5) is 17.5 Å². The smallest absolute Gasteiger partial charge is 0.257 e. The fourth-order valence-electron chi connectivity index (χ4n) is 9.40. The number of aromatic nitrogens is 3. The predicted octanol–water partition coefficient (Wildman–Crippen LogP) is 14.4. The number of rotatable bonds is 18. The number of likely N-dealkylation sites (tertiary alicyclic amines) is 1. The number of nitrogens with two attached hydrogens (primary N) is 1. The molecule has 0 bridgehead atoms. The van der Waals surface area contributed by atoms with Crippen LogP contribution in [0.5, 0.6) is 17.2 Å². The van der Waals surface area contributed by atoms with Gasteiger partial charge >= 0.3 is 0 Å². The lowest BCUT2D eigenvalue weighted by atomic mass is 9.96. The van der Waals surface area contributed by atoms with E-state index in [4.69, 9.17) is 91.6 Å². The quantitative estimate of drug-likeness (QED) is 0.0217. The molecule has 4 heterocycles. The van der Waals surface area contributed by atoms with E-state index in [0.717, 1.165) is 31.5 Å². The van der Waals surface area contributed by atoms with Crippen molar-refractivity contribution < 1.29 is 44.1 Å². The zero-order valence-corrected chi connectivity index (χ0v) is 54.0. The van der Waals surface area contributed by atoms with Crippen LogP contribution in [0.3, 0.4) is 0 Å². The van der Waals surface area contributed by atoms with Crippen molar-refractivity contribution in [1.29, 1.82) is 16.2 Å². The third kappa shape index (κ3) is 18.8. The predicted molar refractivity (Wildman–Crippen MR) is 366 cm³/mol. The third-order valence-corrected chi connectivity index (χ3v) is 15.6. The second-order valence-corrected chi connectivity index (χ2v) is 23.5. The summed E-state index contributed by atoms with van der Waals surface area (Å²) in [4.78, 5) is 90.9. The Kier molecular flexibility index (Phi) is 23.8. The molecule has 478 valence electrons. The number of halogens is 6. The lowest BCUT2D eigenvalue weighted by Gasteiger charge is -2.18. The summed E-state index contributed by atoms with van der Waals surface area (Å²) in [7, 11) is 0. The summed E-state index contributed by atoms with van der Waals surface area (Å²) in [6.45, 7) is 3.39. The molecule has 10 rings (SSSR count). The number of benzene rings is 6. The number of Topliss-reactive ketones (excluding diaryl/α,β-unsaturated/α-hetero) is 3. The lowest BCUT2D eigenvalue weighted by molar-refractivity contribution is 0.0979. The van der Waals surface area contributed by atoms with Crippen LogP contribution in [0, 0.1) is 16.2 Å². The first kappa shape index (κ1) is 69.8. The Morgan fingerprint density at radius 3 is 0.989 bits per heavy atom. The summed E-state index contributed by atoms with van der Waals surface area (Å²) in [6.07, 6.45) is 5.66. The molecule has 3 aromatic heterocycles. The first-order chi connectivity index (χ1) is 44.8. The van der Waals surface area contributed by atoms with Crippen molar-refractivity contribution in [1.82, 2.24) is 19.9 Å². The summed E-state index contributed by atoms with van der Waals surface area (Å²) >= 11 is 35.5. The summed E-state index contributed by atoms with van der Waals surface area (Å²) < 4.78 is 0. The highest BCUT2D eigenvalue weighted by molar-refractivity contribution is 6.33. The molecule has 1 saturated heterocycles. The number of amides is 3. The summed E-state index contributed by atoms with van der Waals surface area (Å²) in [6, 6.07) is 36.9. The minimum Gasteiger partial charge on any atom is -0.508 e. The van der Waals surface area contributed by atoms with Crippen LogP contribution in [0.1, 0.15) is 115 Å². The summed E-state index contributed by atoms with van der Waals surface area (Å²) in [5.41, 5.74) is 9.53. The van der Waals surface area contributed by atoms with Gasteiger partial charge in [-0.25, -0.2) is 15.0 Å². The van der Waals surface area contributed by atoms with E-state index in [9.17, 15) is 44.1 Å². The second-order valence-electron chi connectivity index (χ2n) is 20.9. The number of amidine groups is 2. The minimum absolute atomic E-state index is 0.0467. The summed E-state index contributed by atoms with van der Waals surface area (Å²) in [5, 5.41) is 64.1. The highest BCUT2D eigenvalue weighted by atomic mass is 35.5. The van der Waals surface area contributed by atoms with Gasteiger partial charge in [-0.1, -0.05) is 142 Å². The Labute approximate surface area is 568 Å². The van der Waals surface area contributed by atoms with E-state index >= 15 is 0 Å². The van der Waals surface area contributed by atoms with Crippen molar-refractivity contribution in [2.45, 2.75) is 39.0 Å². The van der Waals surface area contributed by atoms with Gasteiger partial charge in [-0.15, -0.1) is 0 Å². The van der Waals surface area contributed by atoms with Crippen molar-refractivity contribution in [3.63, 3.8) is 0 Å². The van der Waals surface area contributed by atoms with Crippen LogP contribution >= 0.6 is 69.6 Å². The van der Waals surface area contributed by atoms with E-state index in [1.807, 2.05) is 4.90 Å². The fraction of sp³-hybridized carbons (Fsp3) is 0.118. The maximum absolute atomic E-state index is 13.0. The van der Waals surface area contributed by atoms with Gasteiger partial charge in [0.15, 0.2) is 17.3 Å². The zero-order valence-electron chi connectivity index (χ0n) is 49.5. The standard InChI is InChI=1S/C25H22Cl2N4O3.C22H17Cl2N3O3.C21H16Cl2N4O3/c26-17-7-8-23(29-14-17)30-25(34)20-11-18(27)12-22(33)19(20)13-21(32)15-3-5-16(6-4-15)24(28)31-9-1-2-10-31;1-12(25)13-2-4-14(5-3-13)19(28)10-17-18(8-16(24)9-20(17)29)22(30)27-21-7-6-15(23)11-26-21;22-13-5-6-19(26-10-13)27-21(30)16-7-14(23)8-18(29)15(16)9-17(28)11-1-3-12(4-2-11)20(24)25/h3-8,11-12,14,28,33H,1-2,9-10,13H2,(H,29,30,34);2-9,11,25,29H,10H2,1H3,(H,26,27,30);1-8,10,29H,9H2,(H3,24,25)(H,26,27,30). The maximum atomic E-state index is 13.0. The number of nitrogen functional groups attached to an aromatic ring is 1. The Balaban J connectivity index is 0.000000181. The molecule has 6 aromatic carbocycles. The first-order valence-electron chi connectivity index (χ1n) is 28.3. The maximum Gasteiger partial charge on any atom is 0.257 e. The topological polar surface area (TPSA) is 339 Å². The minimum atomic E-state index is -0.586. The molecule has 0 spiro atoms. The van der Waals surface area contributed by atoms with Crippen LogP contribution in [-0.2, 0) is 19.3 Å². The molecule has 1 aliphatic rings. The van der Waals surface area contributed by atoms with Gasteiger partial charge in [-0.3, -0.25) is 39.6 Å². The molecule has 9 aromatic rings. The van der Waals surface area contributed by atoms with Crippen molar-refractivity contribution in [2.24, 2.45) is 5.73 Å². The molecule has 0 aliphatic carbocycles. The number of hydrogen-bond donors (Lipinski definition) is 10. The monoisotopic (exact) mass is 1380 g/mol. The zero-order chi connectivity index (χ0) is 67.9. The number of carbonyl (C=O) groups is 6. The van der Waals surface area contributed by atoms with Crippen molar-refractivity contribution in [3.8, 4) is 17.2 Å². The van der Waals surface area contributed by atoms with Crippen molar-refractivity contribution in [2.75, 3.05) is 29.0 Å². The number of carbonyl (C=O) groups excluding carboxylic acids is 6. The second kappa shape index (κ2) is 32.0. The molecule has 26 heteroatoms. The van der Waals surface area contributed by atoms with Gasteiger partial charge in [0.1, 0.15) is 46.4 Å². The van der Waals surface area contributed by atoms with E-state index in [1.54, 1.807) is 85.8 Å². The molecule has 0 saturated carbocycles. The summed E-state index contributed by atoms with van der Waals surface area (Å²) in [5.74, 6) is -2.28. The number of pyridine rings is 3. The van der Waals surface area contributed by atoms with Gasteiger partial charge in [0, 0.05) is 133 Å². The van der Waals surface area contributed by atoms with Gasteiger partial charge in [0.2, 0.25) is 0 Å². The van der Waals surface area contributed by atoms with Crippen LogP contribution in [0.25, 0.3) is 0 Å².